The number of hydrogen-bond acceptors (Lipinski definition) is 4. The number of halogens is 1. The Morgan fingerprint density at radius 3 is 2.60 bits per heavy atom. The molecule has 0 aliphatic carbocycles. The lowest BCUT2D eigenvalue weighted by Gasteiger charge is -2.12. The van der Waals surface area contributed by atoms with E-state index in [0.29, 0.717) is 57.1 Å². The molecule has 0 spiro atoms. The van der Waals surface area contributed by atoms with Gasteiger partial charge < -0.3 is 19.1 Å². The number of fused-ring (bicyclic) bond motifs is 2. The molecule has 0 unspecified atom stereocenters. The van der Waals surface area contributed by atoms with Gasteiger partial charge in [0.2, 0.25) is 0 Å². The third kappa shape index (κ3) is 5.45. The van der Waals surface area contributed by atoms with Crippen LogP contribution < -0.4 is 4.74 Å². The lowest BCUT2D eigenvalue weighted by atomic mass is 10.0. The fraction of sp³-hybridized carbons (Fsp3) is 0.312. The van der Waals surface area contributed by atoms with E-state index in [1.54, 1.807) is 10.7 Å². The highest BCUT2D eigenvalue weighted by molar-refractivity contribution is 6.04. The molecule has 0 radical (unpaired) electrons. The van der Waals surface area contributed by atoms with Crippen molar-refractivity contribution < 1.29 is 23.8 Å². The molecular formula is C32H34FN3O4. The Hall–Kier alpha value is -4.17. The zero-order valence-electron chi connectivity index (χ0n) is 23.1. The first-order valence-electron chi connectivity index (χ1n) is 13.7. The number of aromatic nitrogens is 3. The van der Waals surface area contributed by atoms with Gasteiger partial charge in [-0.05, 0) is 68.3 Å². The van der Waals surface area contributed by atoms with E-state index in [0.717, 1.165) is 44.1 Å². The van der Waals surface area contributed by atoms with Gasteiger partial charge in [-0.25, -0.2) is 9.18 Å². The summed E-state index contributed by atoms with van der Waals surface area (Å²) in [5.74, 6) is -0.554. The van der Waals surface area contributed by atoms with E-state index >= 15 is 0 Å². The predicted octanol–water partition coefficient (Wildman–Crippen LogP) is 6.78. The molecular weight excluding hydrogens is 509 g/mol. The average Bonchev–Trinajstić information content (AvgIpc) is 3.44. The first-order valence-corrected chi connectivity index (χ1v) is 13.7. The Kier molecular flexibility index (Phi) is 8.16. The molecule has 3 aromatic carbocycles. The molecule has 7 nitrogen and oxygen atoms in total. The summed E-state index contributed by atoms with van der Waals surface area (Å²) in [6.45, 7) is 6.02. The molecule has 208 valence electrons. The lowest BCUT2D eigenvalue weighted by molar-refractivity contribution is 0.0682. The van der Waals surface area contributed by atoms with Crippen LogP contribution in [-0.4, -0.2) is 45.2 Å². The zero-order chi connectivity index (χ0) is 28.2. The lowest BCUT2D eigenvalue weighted by Crippen LogP contribution is -2.13. The summed E-state index contributed by atoms with van der Waals surface area (Å²) in [5, 5.41) is 17.5. The summed E-state index contributed by atoms with van der Waals surface area (Å²) >= 11 is 0. The highest BCUT2D eigenvalue weighted by Gasteiger charge is 2.25. The van der Waals surface area contributed by atoms with Gasteiger partial charge in [0.05, 0.1) is 17.8 Å². The predicted molar refractivity (Wildman–Crippen MR) is 155 cm³/mol. The average molecular weight is 544 g/mol. The van der Waals surface area contributed by atoms with E-state index in [9.17, 15) is 14.3 Å². The maximum absolute atomic E-state index is 13.7. The van der Waals surface area contributed by atoms with Gasteiger partial charge >= 0.3 is 5.97 Å². The van der Waals surface area contributed by atoms with Crippen molar-refractivity contribution in [2.24, 2.45) is 7.05 Å². The van der Waals surface area contributed by atoms with Crippen LogP contribution in [0.5, 0.6) is 5.75 Å². The SMILES string of the molecule is CCOCCCn1c(C(=O)O)c(CCCOc2cccc3cc(F)ccc23)c2cccc(-c3cn(C)nc3C)c21. The Balaban J connectivity index is 1.49. The molecule has 0 fully saturated rings. The van der Waals surface area contributed by atoms with Crippen LogP contribution >= 0.6 is 0 Å². The second kappa shape index (κ2) is 11.9. The van der Waals surface area contributed by atoms with E-state index in [4.69, 9.17) is 9.47 Å². The molecule has 1 N–H and O–H groups in total. The monoisotopic (exact) mass is 543 g/mol. The fourth-order valence-electron chi connectivity index (χ4n) is 5.53. The molecule has 2 heterocycles. The van der Waals surface area contributed by atoms with Crippen molar-refractivity contribution in [1.29, 1.82) is 0 Å². The van der Waals surface area contributed by atoms with E-state index in [1.165, 1.54) is 12.1 Å². The van der Waals surface area contributed by atoms with E-state index in [2.05, 4.69) is 5.10 Å². The number of rotatable bonds is 12. The Morgan fingerprint density at radius 2 is 1.85 bits per heavy atom. The number of para-hydroxylation sites is 1. The molecule has 0 saturated heterocycles. The number of aromatic carboxylic acids is 1. The smallest absolute Gasteiger partial charge is 0.352 e. The van der Waals surface area contributed by atoms with Gasteiger partial charge in [0.15, 0.2) is 0 Å². The number of aryl methyl sites for hydroxylation is 4. The van der Waals surface area contributed by atoms with Crippen molar-refractivity contribution in [1.82, 2.24) is 14.3 Å². The second-order valence-corrected chi connectivity index (χ2v) is 9.91. The third-order valence-electron chi connectivity index (χ3n) is 7.20. The van der Waals surface area contributed by atoms with Crippen molar-refractivity contribution in [2.45, 2.75) is 39.7 Å². The quantitative estimate of drug-likeness (QED) is 0.176. The van der Waals surface area contributed by atoms with Gasteiger partial charge in [-0.15, -0.1) is 0 Å². The minimum atomic E-state index is -0.950. The maximum atomic E-state index is 13.7. The van der Waals surface area contributed by atoms with Crippen LogP contribution in [-0.2, 0) is 24.8 Å². The summed E-state index contributed by atoms with van der Waals surface area (Å²) in [6.07, 6.45) is 3.83. The molecule has 0 bridgehead atoms. The Morgan fingerprint density at radius 1 is 1.02 bits per heavy atom. The van der Waals surface area contributed by atoms with Crippen molar-refractivity contribution in [3.8, 4) is 16.9 Å². The molecule has 2 aromatic heterocycles. The third-order valence-corrected chi connectivity index (χ3v) is 7.20. The number of carboxylic acid groups (broad SMARTS) is 1. The zero-order valence-corrected chi connectivity index (χ0v) is 23.1. The first kappa shape index (κ1) is 27.4. The molecule has 5 rings (SSSR count). The molecule has 0 atom stereocenters. The number of ether oxygens (including phenoxy) is 2. The standard InChI is InChI=1S/C32H34FN3O4/c1-4-39-17-8-16-36-30-25(10-6-11-27(30)28-20-35(3)34-21(28)2)26(31(36)32(37)38)12-7-18-40-29-13-5-9-22-19-23(33)14-15-24(22)29/h5-6,9-11,13-15,19-20H,4,7-8,12,16-18H2,1-3H3,(H,37,38). The number of carbonyl (C=O) groups is 1. The maximum Gasteiger partial charge on any atom is 0.352 e. The second-order valence-electron chi connectivity index (χ2n) is 9.91. The summed E-state index contributed by atoms with van der Waals surface area (Å²) < 4.78 is 29.0. The normalized spacial score (nSPS) is 11.5. The highest BCUT2D eigenvalue weighted by Crippen LogP contribution is 2.36. The molecule has 5 aromatic rings. The molecule has 0 aliphatic heterocycles. The minimum Gasteiger partial charge on any atom is -0.493 e. The summed E-state index contributed by atoms with van der Waals surface area (Å²) in [5.41, 5.74) is 4.84. The van der Waals surface area contributed by atoms with E-state index in [-0.39, 0.29) is 5.82 Å². The summed E-state index contributed by atoms with van der Waals surface area (Å²) in [4.78, 5) is 12.7. The van der Waals surface area contributed by atoms with Crippen LogP contribution in [0.1, 0.15) is 41.5 Å². The number of hydrogen-bond donors (Lipinski definition) is 1. The Labute approximate surface area is 232 Å². The van der Waals surface area contributed by atoms with Gasteiger partial charge in [0.1, 0.15) is 17.3 Å². The number of carboxylic acids is 1. The van der Waals surface area contributed by atoms with Crippen LogP contribution in [0, 0.1) is 12.7 Å². The van der Waals surface area contributed by atoms with Gasteiger partial charge in [-0.2, -0.15) is 5.10 Å². The summed E-state index contributed by atoms with van der Waals surface area (Å²) in [7, 11) is 1.89. The summed E-state index contributed by atoms with van der Waals surface area (Å²) in [6, 6.07) is 16.2. The molecule has 0 saturated carbocycles. The van der Waals surface area contributed by atoms with E-state index < -0.39 is 5.97 Å². The van der Waals surface area contributed by atoms with Crippen molar-refractivity contribution in [3.63, 3.8) is 0 Å². The van der Waals surface area contributed by atoms with Gasteiger partial charge in [0.25, 0.3) is 0 Å². The van der Waals surface area contributed by atoms with Crippen LogP contribution in [0.2, 0.25) is 0 Å². The first-order chi connectivity index (χ1) is 19.4. The number of nitrogens with zero attached hydrogens (tertiary/aromatic N) is 3. The minimum absolute atomic E-state index is 0.288. The topological polar surface area (TPSA) is 78.5 Å². The van der Waals surface area contributed by atoms with E-state index in [1.807, 2.05) is 68.1 Å². The van der Waals surface area contributed by atoms with Crippen LogP contribution in [0.3, 0.4) is 0 Å². The van der Waals surface area contributed by atoms with Crippen molar-refractivity contribution in [3.05, 3.63) is 83.6 Å². The van der Waals surface area contributed by atoms with Gasteiger partial charge in [-0.3, -0.25) is 4.68 Å². The van der Waals surface area contributed by atoms with Crippen LogP contribution in [0.15, 0.2) is 60.8 Å². The van der Waals surface area contributed by atoms with Crippen LogP contribution in [0.4, 0.5) is 4.39 Å². The Bertz CT molecular complexity index is 1670. The van der Waals surface area contributed by atoms with Crippen LogP contribution in [0.25, 0.3) is 32.8 Å². The number of benzene rings is 3. The van der Waals surface area contributed by atoms with Gasteiger partial charge in [-0.1, -0.05) is 30.3 Å². The highest BCUT2D eigenvalue weighted by atomic mass is 19.1. The molecule has 40 heavy (non-hydrogen) atoms. The fourth-order valence-corrected chi connectivity index (χ4v) is 5.53. The molecule has 0 amide bonds. The van der Waals surface area contributed by atoms with Crippen molar-refractivity contribution >= 4 is 27.6 Å². The van der Waals surface area contributed by atoms with Crippen molar-refractivity contribution in [2.75, 3.05) is 19.8 Å². The molecule has 8 heteroatoms. The van der Waals surface area contributed by atoms with Gasteiger partial charge in [0, 0.05) is 54.9 Å². The molecule has 0 aliphatic rings. The largest absolute Gasteiger partial charge is 0.493 e.